The minimum atomic E-state index is 0.636. The molecule has 1 aromatic carbocycles. The van der Waals surface area contributed by atoms with E-state index in [1.165, 1.54) is 30.6 Å². The number of nitriles is 1. The van der Waals surface area contributed by atoms with Crippen LogP contribution in [0.2, 0.25) is 0 Å². The number of rotatable bonds is 4. The summed E-state index contributed by atoms with van der Waals surface area (Å²) in [6.45, 7) is 4.50. The molecule has 0 spiro atoms. The fraction of sp³-hybridized carbons (Fsp3) is 0.500. The normalized spacial score (nSPS) is 16.5. The minimum Gasteiger partial charge on any atom is -0.325 e. The first-order valence-electron chi connectivity index (χ1n) is 7.14. The Morgan fingerprint density at radius 1 is 1.47 bits per heavy atom. The van der Waals surface area contributed by atoms with Crippen LogP contribution in [0, 0.1) is 17.2 Å². The predicted octanol–water partition coefficient (Wildman–Crippen LogP) is 3.83. The van der Waals surface area contributed by atoms with Crippen molar-refractivity contribution in [3.63, 3.8) is 0 Å². The number of imidazole rings is 1. The Kier molecular flexibility index (Phi) is 3.02. The number of fused-ring (bicyclic) bond motifs is 1. The standard InChI is InChI=1S/C16H19N3/c1-3-11(2)8-16-18-14-9-12(10-17)4-7-15(14)19(16)13-5-6-13/h4,7,9,11,13H,3,5-6,8H2,1-2H3. The van der Waals surface area contributed by atoms with Crippen LogP contribution in [-0.4, -0.2) is 9.55 Å². The second-order valence-electron chi connectivity index (χ2n) is 5.66. The van der Waals surface area contributed by atoms with Crippen molar-refractivity contribution in [2.45, 2.75) is 45.6 Å². The molecule has 0 radical (unpaired) electrons. The largest absolute Gasteiger partial charge is 0.325 e. The highest BCUT2D eigenvalue weighted by molar-refractivity contribution is 5.78. The zero-order valence-electron chi connectivity index (χ0n) is 11.6. The van der Waals surface area contributed by atoms with Crippen LogP contribution in [0.25, 0.3) is 11.0 Å². The summed E-state index contributed by atoms with van der Waals surface area (Å²) in [4.78, 5) is 4.78. The van der Waals surface area contributed by atoms with Crippen molar-refractivity contribution < 1.29 is 0 Å². The number of benzene rings is 1. The van der Waals surface area contributed by atoms with Gasteiger partial charge in [-0.15, -0.1) is 0 Å². The Bertz CT molecular complexity index is 644. The van der Waals surface area contributed by atoms with Crippen molar-refractivity contribution >= 4 is 11.0 Å². The number of nitrogens with zero attached hydrogens (tertiary/aromatic N) is 3. The molecule has 19 heavy (non-hydrogen) atoms. The molecule has 1 heterocycles. The molecule has 1 atom stereocenters. The van der Waals surface area contributed by atoms with Crippen molar-refractivity contribution in [3.8, 4) is 6.07 Å². The first kappa shape index (κ1) is 12.2. The molecule has 1 aliphatic rings. The highest BCUT2D eigenvalue weighted by Crippen LogP contribution is 2.39. The Balaban J connectivity index is 2.09. The van der Waals surface area contributed by atoms with Gasteiger partial charge in [0.25, 0.3) is 0 Å². The lowest BCUT2D eigenvalue weighted by Crippen LogP contribution is -2.06. The zero-order chi connectivity index (χ0) is 13.4. The van der Waals surface area contributed by atoms with Crippen LogP contribution in [0.3, 0.4) is 0 Å². The van der Waals surface area contributed by atoms with E-state index in [1.54, 1.807) is 0 Å². The quantitative estimate of drug-likeness (QED) is 0.831. The van der Waals surface area contributed by atoms with Gasteiger partial charge in [0.2, 0.25) is 0 Å². The van der Waals surface area contributed by atoms with Gasteiger partial charge in [0, 0.05) is 12.5 Å². The van der Waals surface area contributed by atoms with Crippen LogP contribution in [0.4, 0.5) is 0 Å². The maximum absolute atomic E-state index is 8.99. The molecular weight excluding hydrogens is 234 g/mol. The number of hydrogen-bond donors (Lipinski definition) is 0. The van der Waals surface area contributed by atoms with Crippen molar-refractivity contribution in [1.82, 2.24) is 9.55 Å². The fourth-order valence-electron chi connectivity index (χ4n) is 2.56. The third-order valence-electron chi connectivity index (χ3n) is 4.03. The number of hydrogen-bond acceptors (Lipinski definition) is 2. The molecule has 1 fully saturated rings. The maximum atomic E-state index is 8.99. The molecule has 3 heteroatoms. The van der Waals surface area contributed by atoms with Crippen LogP contribution in [0.15, 0.2) is 18.2 Å². The smallest absolute Gasteiger partial charge is 0.110 e. The third kappa shape index (κ3) is 2.23. The van der Waals surface area contributed by atoms with Gasteiger partial charge in [-0.2, -0.15) is 5.26 Å². The first-order valence-corrected chi connectivity index (χ1v) is 7.14. The van der Waals surface area contributed by atoms with E-state index in [0.29, 0.717) is 17.5 Å². The molecule has 1 aromatic heterocycles. The fourth-order valence-corrected chi connectivity index (χ4v) is 2.56. The summed E-state index contributed by atoms with van der Waals surface area (Å²) in [7, 11) is 0. The van der Waals surface area contributed by atoms with Crippen LogP contribution >= 0.6 is 0 Å². The average Bonchev–Trinajstić information content (AvgIpc) is 3.19. The average molecular weight is 253 g/mol. The molecule has 0 saturated heterocycles. The predicted molar refractivity (Wildman–Crippen MR) is 75.9 cm³/mol. The third-order valence-corrected chi connectivity index (χ3v) is 4.03. The Hall–Kier alpha value is -1.82. The summed E-state index contributed by atoms with van der Waals surface area (Å²) in [5.74, 6) is 1.85. The SMILES string of the molecule is CCC(C)Cc1nc2cc(C#N)ccc2n1C1CC1. The summed E-state index contributed by atoms with van der Waals surface area (Å²) >= 11 is 0. The molecular formula is C16H19N3. The van der Waals surface area contributed by atoms with Gasteiger partial charge in [-0.05, 0) is 37.0 Å². The first-order chi connectivity index (χ1) is 9.22. The van der Waals surface area contributed by atoms with Gasteiger partial charge in [-0.3, -0.25) is 0 Å². The molecule has 3 nitrogen and oxygen atoms in total. The lowest BCUT2D eigenvalue weighted by atomic mass is 10.1. The molecule has 0 aliphatic heterocycles. The monoisotopic (exact) mass is 253 g/mol. The van der Waals surface area contributed by atoms with Gasteiger partial charge < -0.3 is 4.57 Å². The van der Waals surface area contributed by atoms with E-state index < -0.39 is 0 Å². The van der Waals surface area contributed by atoms with Gasteiger partial charge in [-0.25, -0.2) is 4.98 Å². The van der Waals surface area contributed by atoms with Crippen LogP contribution in [0.1, 0.15) is 50.5 Å². The molecule has 1 saturated carbocycles. The van der Waals surface area contributed by atoms with Gasteiger partial charge in [0.05, 0.1) is 22.7 Å². The van der Waals surface area contributed by atoms with E-state index in [9.17, 15) is 0 Å². The minimum absolute atomic E-state index is 0.636. The van der Waals surface area contributed by atoms with E-state index in [0.717, 1.165) is 11.9 Å². The van der Waals surface area contributed by atoms with Crippen molar-refractivity contribution in [2.75, 3.05) is 0 Å². The summed E-state index contributed by atoms with van der Waals surface area (Å²) in [6.07, 6.45) is 4.73. The van der Waals surface area contributed by atoms with Crippen LogP contribution < -0.4 is 0 Å². The summed E-state index contributed by atoms with van der Waals surface area (Å²) in [5.41, 5.74) is 2.87. The van der Waals surface area contributed by atoms with Crippen molar-refractivity contribution in [3.05, 3.63) is 29.6 Å². The summed E-state index contributed by atoms with van der Waals surface area (Å²) < 4.78 is 2.41. The summed E-state index contributed by atoms with van der Waals surface area (Å²) in [5, 5.41) is 8.99. The second-order valence-corrected chi connectivity index (χ2v) is 5.66. The number of aromatic nitrogens is 2. The lowest BCUT2D eigenvalue weighted by molar-refractivity contribution is 0.525. The molecule has 1 unspecified atom stereocenters. The highest BCUT2D eigenvalue weighted by atomic mass is 15.1. The molecule has 0 N–H and O–H groups in total. The van der Waals surface area contributed by atoms with Gasteiger partial charge in [0.15, 0.2) is 0 Å². The Morgan fingerprint density at radius 3 is 2.89 bits per heavy atom. The summed E-state index contributed by atoms with van der Waals surface area (Å²) in [6, 6.07) is 8.70. The molecule has 2 aromatic rings. The van der Waals surface area contributed by atoms with E-state index in [1.807, 2.05) is 12.1 Å². The Labute approximate surface area is 113 Å². The van der Waals surface area contributed by atoms with Gasteiger partial charge in [-0.1, -0.05) is 20.3 Å². The van der Waals surface area contributed by atoms with Crippen molar-refractivity contribution in [2.24, 2.45) is 5.92 Å². The molecule has 3 rings (SSSR count). The van der Waals surface area contributed by atoms with Crippen molar-refractivity contribution in [1.29, 1.82) is 5.26 Å². The molecule has 98 valence electrons. The Morgan fingerprint density at radius 2 is 2.26 bits per heavy atom. The van der Waals surface area contributed by atoms with E-state index in [2.05, 4.69) is 30.6 Å². The molecule has 1 aliphatic carbocycles. The van der Waals surface area contributed by atoms with E-state index in [4.69, 9.17) is 10.2 Å². The topological polar surface area (TPSA) is 41.6 Å². The van der Waals surface area contributed by atoms with Gasteiger partial charge >= 0.3 is 0 Å². The maximum Gasteiger partial charge on any atom is 0.110 e. The highest BCUT2D eigenvalue weighted by Gasteiger charge is 2.28. The van der Waals surface area contributed by atoms with Crippen LogP contribution in [-0.2, 0) is 6.42 Å². The van der Waals surface area contributed by atoms with Crippen LogP contribution in [0.5, 0.6) is 0 Å². The van der Waals surface area contributed by atoms with E-state index >= 15 is 0 Å². The van der Waals surface area contributed by atoms with E-state index in [-0.39, 0.29) is 0 Å². The lowest BCUT2D eigenvalue weighted by Gasteiger charge is -2.11. The van der Waals surface area contributed by atoms with Gasteiger partial charge in [0.1, 0.15) is 5.82 Å². The zero-order valence-corrected chi connectivity index (χ0v) is 11.6. The second kappa shape index (κ2) is 4.70. The molecule has 0 amide bonds. The molecule has 0 bridgehead atoms.